The molecule has 1 heterocycles. The van der Waals surface area contributed by atoms with Gasteiger partial charge in [-0.3, -0.25) is 0 Å². The predicted molar refractivity (Wildman–Crippen MR) is 36.0 cm³/mol. The van der Waals surface area contributed by atoms with Crippen LogP contribution in [0.2, 0.25) is 0 Å². The Morgan fingerprint density at radius 3 is 2.78 bits per heavy atom. The molecule has 2 unspecified atom stereocenters. The van der Waals surface area contributed by atoms with E-state index in [0.717, 1.165) is 19.6 Å². The third-order valence-electron chi connectivity index (χ3n) is 1.84. The van der Waals surface area contributed by atoms with Crippen LogP contribution < -0.4 is 11.5 Å². The number of nitrogens with two attached hydrogens (primary N) is 2. The molecule has 54 valence electrons. The molecule has 1 fully saturated rings. The third kappa shape index (κ3) is 1.64. The van der Waals surface area contributed by atoms with Crippen molar-refractivity contribution in [1.82, 2.24) is 0 Å². The van der Waals surface area contributed by atoms with Gasteiger partial charge in [-0.25, -0.2) is 0 Å². The van der Waals surface area contributed by atoms with Gasteiger partial charge in [0.05, 0.1) is 6.61 Å². The fourth-order valence-electron chi connectivity index (χ4n) is 1.06. The molecule has 0 aromatic carbocycles. The molecule has 0 radical (unpaired) electrons. The van der Waals surface area contributed by atoms with Crippen molar-refractivity contribution in [1.29, 1.82) is 0 Å². The largest absolute Gasteiger partial charge is 0.381 e. The van der Waals surface area contributed by atoms with E-state index in [4.69, 9.17) is 16.2 Å². The van der Waals surface area contributed by atoms with Crippen molar-refractivity contribution in [3.05, 3.63) is 0 Å². The molecule has 0 saturated carbocycles. The Labute approximate surface area is 55.4 Å². The Bertz CT molecular complexity index is 87.1. The summed E-state index contributed by atoms with van der Waals surface area (Å²) in [6.07, 6.45) is 0.960. The molecule has 0 aromatic rings. The van der Waals surface area contributed by atoms with Crippen LogP contribution in [0.4, 0.5) is 0 Å². The van der Waals surface area contributed by atoms with Crippen LogP contribution in [-0.2, 0) is 4.74 Å². The fraction of sp³-hybridized carbons (Fsp3) is 1.00. The van der Waals surface area contributed by atoms with Gasteiger partial charge in [0.1, 0.15) is 0 Å². The van der Waals surface area contributed by atoms with E-state index < -0.39 is 0 Å². The smallest absolute Gasteiger partial charge is 0.0521 e. The van der Waals surface area contributed by atoms with Gasteiger partial charge in [-0.05, 0) is 13.0 Å². The first-order valence-corrected chi connectivity index (χ1v) is 3.38. The summed E-state index contributed by atoms with van der Waals surface area (Å²) >= 11 is 0. The van der Waals surface area contributed by atoms with Crippen molar-refractivity contribution in [3.8, 4) is 0 Å². The first kappa shape index (κ1) is 6.99. The maximum Gasteiger partial charge on any atom is 0.0521 e. The molecule has 1 saturated heterocycles. The van der Waals surface area contributed by atoms with Crippen LogP contribution in [0.15, 0.2) is 0 Å². The van der Waals surface area contributed by atoms with Gasteiger partial charge in [-0.1, -0.05) is 0 Å². The van der Waals surface area contributed by atoms with Gasteiger partial charge >= 0.3 is 0 Å². The van der Waals surface area contributed by atoms with Crippen LogP contribution in [0.1, 0.15) is 6.42 Å². The first-order valence-electron chi connectivity index (χ1n) is 3.38. The summed E-state index contributed by atoms with van der Waals surface area (Å²) in [4.78, 5) is 0. The Morgan fingerprint density at radius 1 is 1.56 bits per heavy atom. The molecule has 3 nitrogen and oxygen atoms in total. The van der Waals surface area contributed by atoms with Crippen molar-refractivity contribution in [3.63, 3.8) is 0 Å². The van der Waals surface area contributed by atoms with Crippen LogP contribution >= 0.6 is 0 Å². The number of rotatable bonds is 1. The fourth-order valence-corrected chi connectivity index (χ4v) is 1.06. The van der Waals surface area contributed by atoms with Crippen molar-refractivity contribution < 1.29 is 4.74 Å². The molecule has 1 rings (SSSR count). The first-order chi connectivity index (χ1) is 4.34. The average molecular weight is 130 g/mol. The highest BCUT2D eigenvalue weighted by molar-refractivity contribution is 4.76. The molecule has 0 aromatic heterocycles. The normalized spacial score (nSPS) is 36.7. The Kier molecular flexibility index (Phi) is 2.45. The Hall–Kier alpha value is -0.120. The van der Waals surface area contributed by atoms with E-state index in [1.807, 2.05) is 0 Å². The molecule has 2 atom stereocenters. The summed E-state index contributed by atoms with van der Waals surface area (Å²) in [5, 5.41) is 0. The van der Waals surface area contributed by atoms with Crippen LogP contribution in [-0.4, -0.2) is 25.8 Å². The molecule has 9 heavy (non-hydrogen) atoms. The van der Waals surface area contributed by atoms with E-state index >= 15 is 0 Å². The van der Waals surface area contributed by atoms with Crippen LogP contribution in [0.25, 0.3) is 0 Å². The van der Waals surface area contributed by atoms with Gasteiger partial charge in [-0.2, -0.15) is 0 Å². The third-order valence-corrected chi connectivity index (χ3v) is 1.84. The maximum absolute atomic E-state index is 5.73. The molecule has 0 bridgehead atoms. The number of hydrogen-bond donors (Lipinski definition) is 2. The lowest BCUT2D eigenvalue weighted by Gasteiger charge is -2.27. The van der Waals surface area contributed by atoms with E-state index in [0.29, 0.717) is 12.5 Å². The van der Waals surface area contributed by atoms with E-state index in [1.165, 1.54) is 0 Å². The zero-order valence-corrected chi connectivity index (χ0v) is 5.55. The minimum Gasteiger partial charge on any atom is -0.381 e. The molecule has 0 amide bonds. The van der Waals surface area contributed by atoms with Gasteiger partial charge in [-0.15, -0.1) is 0 Å². The highest BCUT2D eigenvalue weighted by Crippen LogP contribution is 2.10. The van der Waals surface area contributed by atoms with Gasteiger partial charge in [0.25, 0.3) is 0 Å². The zero-order chi connectivity index (χ0) is 6.69. The van der Waals surface area contributed by atoms with Gasteiger partial charge < -0.3 is 16.2 Å². The minimum atomic E-state index is 0.267. The summed E-state index contributed by atoms with van der Waals surface area (Å²) in [6.45, 7) is 2.20. The second-order valence-electron chi connectivity index (χ2n) is 2.52. The molecular formula is C6H14N2O. The Balaban J connectivity index is 2.30. The lowest BCUT2D eigenvalue weighted by Crippen LogP contribution is -2.42. The molecular weight excluding hydrogens is 116 g/mol. The van der Waals surface area contributed by atoms with Crippen LogP contribution in [0, 0.1) is 5.92 Å². The summed E-state index contributed by atoms with van der Waals surface area (Å²) < 4.78 is 5.18. The van der Waals surface area contributed by atoms with Gasteiger partial charge in [0.2, 0.25) is 0 Å². The quantitative estimate of drug-likeness (QED) is 0.494. The topological polar surface area (TPSA) is 61.3 Å². The average Bonchev–Trinajstić information content (AvgIpc) is 1.89. The van der Waals surface area contributed by atoms with E-state index in [-0.39, 0.29) is 6.04 Å². The van der Waals surface area contributed by atoms with Crippen LogP contribution in [0.3, 0.4) is 0 Å². The second kappa shape index (κ2) is 3.15. The summed E-state index contributed by atoms with van der Waals surface area (Å²) in [5.74, 6) is 0.388. The Morgan fingerprint density at radius 2 is 2.33 bits per heavy atom. The molecule has 1 aliphatic heterocycles. The van der Waals surface area contributed by atoms with Gasteiger partial charge in [0.15, 0.2) is 0 Å². The van der Waals surface area contributed by atoms with Crippen molar-refractivity contribution >= 4 is 0 Å². The summed E-state index contributed by atoms with van der Waals surface area (Å²) in [5.41, 5.74) is 11.2. The SMILES string of the molecule is NCC1COCCC1N. The highest BCUT2D eigenvalue weighted by Gasteiger charge is 2.20. The molecule has 0 spiro atoms. The summed E-state index contributed by atoms with van der Waals surface area (Å²) in [7, 11) is 0. The molecule has 0 aliphatic carbocycles. The maximum atomic E-state index is 5.73. The molecule has 3 heteroatoms. The highest BCUT2D eigenvalue weighted by atomic mass is 16.5. The predicted octanol–water partition coefficient (Wildman–Crippen LogP) is -0.691. The van der Waals surface area contributed by atoms with E-state index in [1.54, 1.807) is 0 Å². The number of ether oxygens (including phenoxy) is 1. The molecule has 1 aliphatic rings. The van der Waals surface area contributed by atoms with E-state index in [2.05, 4.69) is 0 Å². The van der Waals surface area contributed by atoms with E-state index in [9.17, 15) is 0 Å². The minimum absolute atomic E-state index is 0.267. The van der Waals surface area contributed by atoms with Crippen molar-refractivity contribution in [2.45, 2.75) is 12.5 Å². The standard InChI is InChI=1S/C6H14N2O/c7-3-5-4-9-2-1-6(5)8/h5-6H,1-4,7-8H2. The zero-order valence-electron chi connectivity index (χ0n) is 5.55. The van der Waals surface area contributed by atoms with Gasteiger partial charge in [0, 0.05) is 18.6 Å². The second-order valence-corrected chi connectivity index (χ2v) is 2.52. The lowest BCUT2D eigenvalue weighted by molar-refractivity contribution is 0.0454. The monoisotopic (exact) mass is 130 g/mol. The lowest BCUT2D eigenvalue weighted by atomic mass is 9.97. The van der Waals surface area contributed by atoms with Crippen molar-refractivity contribution in [2.75, 3.05) is 19.8 Å². The number of hydrogen-bond acceptors (Lipinski definition) is 3. The summed E-state index contributed by atoms with van der Waals surface area (Å²) in [6, 6.07) is 0.267. The van der Waals surface area contributed by atoms with Crippen LogP contribution in [0.5, 0.6) is 0 Å². The molecule has 4 N–H and O–H groups in total. The van der Waals surface area contributed by atoms with Crippen molar-refractivity contribution in [2.24, 2.45) is 17.4 Å².